The maximum absolute atomic E-state index is 5.13. The molecular weight excluding hydrogens is 685 g/mol. The van der Waals surface area contributed by atoms with Crippen LogP contribution < -0.4 is 0 Å². The van der Waals surface area contributed by atoms with E-state index in [1.807, 2.05) is 18.2 Å². The van der Waals surface area contributed by atoms with E-state index in [9.17, 15) is 0 Å². The lowest BCUT2D eigenvalue weighted by atomic mass is 9.86. The van der Waals surface area contributed by atoms with Crippen LogP contribution in [0.5, 0.6) is 0 Å². The Kier molecular flexibility index (Phi) is 6.54. The van der Waals surface area contributed by atoms with Gasteiger partial charge in [-0.25, -0.2) is 9.97 Å². The quantitative estimate of drug-likeness (QED) is 0.170. The molecule has 2 heterocycles. The predicted octanol–water partition coefficient (Wildman–Crippen LogP) is 14.7. The minimum Gasteiger partial charge on any atom is -0.228 e. The van der Waals surface area contributed by atoms with Crippen LogP contribution in [-0.4, -0.2) is 9.97 Å². The molecule has 254 valence electrons. The van der Waals surface area contributed by atoms with E-state index in [1.165, 1.54) is 85.8 Å². The Bertz CT molecular complexity index is 3430. The number of fused-ring (bicyclic) bond motifs is 3. The first kappa shape index (κ1) is 30.5. The summed E-state index contributed by atoms with van der Waals surface area (Å²) in [7, 11) is 0. The van der Waals surface area contributed by atoms with Gasteiger partial charge >= 0.3 is 0 Å². The van der Waals surface area contributed by atoms with E-state index < -0.39 is 0 Å². The highest BCUT2D eigenvalue weighted by atomic mass is 32.1. The number of hydrogen-bond donors (Lipinski definition) is 0. The highest BCUT2D eigenvalue weighted by Gasteiger charge is 2.17. The van der Waals surface area contributed by atoms with Gasteiger partial charge < -0.3 is 0 Å². The maximum Gasteiger partial charge on any atom is 0.160 e. The van der Waals surface area contributed by atoms with Crippen molar-refractivity contribution in [3.63, 3.8) is 0 Å². The van der Waals surface area contributed by atoms with Crippen molar-refractivity contribution in [3.8, 4) is 44.3 Å². The minimum absolute atomic E-state index is 0.729. The summed E-state index contributed by atoms with van der Waals surface area (Å²) in [5.41, 5.74) is 6.28. The van der Waals surface area contributed by atoms with Crippen LogP contribution in [0.1, 0.15) is 0 Å². The summed E-state index contributed by atoms with van der Waals surface area (Å²) in [4.78, 5) is 11.4. The molecule has 55 heavy (non-hydrogen) atoms. The average Bonchev–Trinajstić information content (AvgIpc) is 3.70. The van der Waals surface area contributed by atoms with E-state index in [1.54, 1.807) is 11.3 Å². The van der Waals surface area contributed by atoms with Crippen molar-refractivity contribution in [2.45, 2.75) is 0 Å². The van der Waals surface area contributed by atoms with Gasteiger partial charge in [0.25, 0.3) is 0 Å². The minimum atomic E-state index is 0.729. The molecule has 0 spiro atoms. The number of aromatic nitrogens is 2. The summed E-state index contributed by atoms with van der Waals surface area (Å²) >= 11 is 1.77. The molecule has 0 saturated carbocycles. The van der Waals surface area contributed by atoms with Crippen LogP contribution in [0.2, 0.25) is 0 Å². The fraction of sp³-hybridized carbons (Fsp3) is 0. The molecule has 0 bridgehead atoms. The Morgan fingerprint density at radius 1 is 0.309 bits per heavy atom. The second kappa shape index (κ2) is 11.8. The summed E-state index contributed by atoms with van der Waals surface area (Å²) < 4.78 is 1.25. The van der Waals surface area contributed by atoms with Gasteiger partial charge in [0.2, 0.25) is 0 Å². The molecule has 0 aliphatic carbocycles. The Morgan fingerprint density at radius 2 is 0.855 bits per heavy atom. The van der Waals surface area contributed by atoms with Crippen LogP contribution in [0.25, 0.3) is 119 Å². The van der Waals surface area contributed by atoms with Gasteiger partial charge in [-0.1, -0.05) is 152 Å². The van der Waals surface area contributed by atoms with Crippen LogP contribution in [-0.2, 0) is 0 Å². The van der Waals surface area contributed by atoms with Crippen LogP contribution in [0, 0.1) is 0 Å². The Balaban J connectivity index is 1.07. The molecule has 2 nitrogen and oxygen atoms in total. The zero-order chi connectivity index (χ0) is 36.0. The zero-order valence-electron chi connectivity index (χ0n) is 29.6. The Morgan fingerprint density at radius 3 is 1.53 bits per heavy atom. The molecule has 0 atom stereocenters. The van der Waals surface area contributed by atoms with Crippen molar-refractivity contribution in [2.75, 3.05) is 0 Å². The van der Waals surface area contributed by atoms with E-state index in [2.05, 4.69) is 164 Å². The van der Waals surface area contributed by atoms with Crippen molar-refractivity contribution in [1.29, 1.82) is 0 Å². The van der Waals surface area contributed by atoms with Crippen molar-refractivity contribution in [1.82, 2.24) is 9.97 Å². The highest BCUT2D eigenvalue weighted by molar-refractivity contribution is 7.22. The number of benzene rings is 9. The first-order valence-corrected chi connectivity index (χ1v) is 19.5. The second-order valence-electron chi connectivity index (χ2n) is 14.5. The summed E-state index contributed by atoms with van der Waals surface area (Å²) in [6, 6.07) is 66.4. The topological polar surface area (TPSA) is 25.8 Å². The lowest BCUT2D eigenvalue weighted by Gasteiger charge is -2.17. The van der Waals surface area contributed by atoms with E-state index >= 15 is 0 Å². The molecule has 0 radical (unpaired) electrons. The molecule has 0 aliphatic heterocycles. The van der Waals surface area contributed by atoms with Crippen molar-refractivity contribution < 1.29 is 0 Å². The van der Waals surface area contributed by atoms with E-state index in [0.717, 1.165) is 33.2 Å². The van der Waals surface area contributed by atoms with Gasteiger partial charge in [-0.15, -0.1) is 11.3 Å². The number of nitrogens with zero attached hydrogens (tertiary/aromatic N) is 2. The van der Waals surface area contributed by atoms with Gasteiger partial charge in [0.1, 0.15) is 0 Å². The maximum atomic E-state index is 5.13. The monoisotopic (exact) mass is 714 g/mol. The zero-order valence-corrected chi connectivity index (χ0v) is 30.4. The molecule has 10 aromatic carbocycles. The molecule has 3 heteroatoms. The predicted molar refractivity (Wildman–Crippen MR) is 235 cm³/mol. The third-order valence-electron chi connectivity index (χ3n) is 11.4. The standard InChI is InChI=1S/C52H30N2S/c1-2-9-36(10-3-1)52-53-44(30-45(54-52)47-29-37-11-4-5-18-46(37)55-47)32-21-19-31(20-22-32)39-27-38-26-25-35-13-7-16-41-40-15-6-12-33-23-24-34-14-8-17-42(50(34)48(33)40)43(28-39)51(38)49(35)41/h1-30H. The van der Waals surface area contributed by atoms with E-state index in [-0.39, 0.29) is 0 Å². The van der Waals surface area contributed by atoms with Crippen LogP contribution in [0.15, 0.2) is 182 Å². The molecule has 0 saturated heterocycles. The molecule has 0 aliphatic rings. The molecule has 2 aromatic heterocycles. The normalized spacial score (nSPS) is 12.0. The lowest BCUT2D eigenvalue weighted by molar-refractivity contribution is 1.19. The number of thiophene rings is 1. The van der Waals surface area contributed by atoms with Crippen molar-refractivity contribution in [2.24, 2.45) is 0 Å². The smallest absolute Gasteiger partial charge is 0.160 e. The molecular formula is C52H30N2S. The fourth-order valence-electron chi connectivity index (χ4n) is 8.83. The van der Waals surface area contributed by atoms with Crippen LogP contribution in [0.3, 0.4) is 0 Å². The molecule has 0 fully saturated rings. The first-order chi connectivity index (χ1) is 27.2. The van der Waals surface area contributed by atoms with Crippen LogP contribution >= 0.6 is 11.3 Å². The summed E-state index contributed by atoms with van der Waals surface area (Å²) in [6.07, 6.45) is 0. The molecule has 12 aromatic rings. The SMILES string of the molecule is c1ccc(-c2nc(-c3ccc(-c4cc5ccc6cccc7c8cccc9ccc%10cccc(c(c4)c5c67)c%10c98)cc3)cc(-c3cc4ccccc4s3)n2)cc1. The van der Waals surface area contributed by atoms with Crippen LogP contribution in [0.4, 0.5) is 0 Å². The van der Waals surface area contributed by atoms with Crippen molar-refractivity contribution in [3.05, 3.63) is 182 Å². The number of rotatable bonds is 4. The first-order valence-electron chi connectivity index (χ1n) is 18.7. The summed E-state index contributed by atoms with van der Waals surface area (Å²) in [5, 5.41) is 16.7. The van der Waals surface area contributed by atoms with Gasteiger partial charge in [0.15, 0.2) is 5.82 Å². The van der Waals surface area contributed by atoms with Gasteiger partial charge in [-0.05, 0) is 111 Å². The Labute approximate surface area is 320 Å². The lowest BCUT2D eigenvalue weighted by Crippen LogP contribution is -1.95. The van der Waals surface area contributed by atoms with E-state index in [0.29, 0.717) is 0 Å². The van der Waals surface area contributed by atoms with Crippen molar-refractivity contribution >= 4 is 86.1 Å². The third-order valence-corrected chi connectivity index (χ3v) is 12.5. The van der Waals surface area contributed by atoms with Gasteiger partial charge in [0, 0.05) is 15.8 Å². The molecule has 0 amide bonds. The fourth-order valence-corrected chi connectivity index (χ4v) is 9.85. The van der Waals surface area contributed by atoms with Gasteiger partial charge in [-0.3, -0.25) is 0 Å². The van der Waals surface area contributed by atoms with E-state index in [4.69, 9.17) is 9.97 Å². The summed E-state index contributed by atoms with van der Waals surface area (Å²) in [5.74, 6) is 0.729. The van der Waals surface area contributed by atoms with Gasteiger partial charge in [-0.2, -0.15) is 0 Å². The molecule has 0 unspecified atom stereocenters. The summed E-state index contributed by atoms with van der Waals surface area (Å²) in [6.45, 7) is 0. The largest absolute Gasteiger partial charge is 0.228 e. The highest BCUT2D eigenvalue weighted by Crippen LogP contribution is 2.44. The number of hydrogen-bond acceptors (Lipinski definition) is 3. The van der Waals surface area contributed by atoms with Gasteiger partial charge in [0.05, 0.1) is 16.3 Å². The third kappa shape index (κ3) is 4.73. The Hall–Kier alpha value is -6.94. The second-order valence-corrected chi connectivity index (χ2v) is 15.6. The average molecular weight is 715 g/mol. The molecule has 0 N–H and O–H groups in total. The molecule has 12 rings (SSSR count).